The molecule has 0 saturated heterocycles. The van der Waals surface area contributed by atoms with E-state index in [0.29, 0.717) is 29.2 Å². The van der Waals surface area contributed by atoms with Crippen molar-refractivity contribution in [1.29, 1.82) is 0 Å². The van der Waals surface area contributed by atoms with E-state index in [1.807, 2.05) is 25.1 Å². The van der Waals surface area contributed by atoms with Crippen LogP contribution in [0.3, 0.4) is 0 Å². The van der Waals surface area contributed by atoms with E-state index in [-0.39, 0.29) is 11.8 Å². The van der Waals surface area contributed by atoms with Crippen molar-refractivity contribution in [3.63, 3.8) is 0 Å². The molecule has 152 valence electrons. The average Bonchev–Trinajstić information content (AvgIpc) is 2.76. The average molecular weight is 393 g/mol. The Morgan fingerprint density at radius 1 is 1.17 bits per heavy atom. The molecular formula is C24H27NO4. The number of fused-ring (bicyclic) bond motifs is 1. The Kier molecular flexibility index (Phi) is 6.70. The third kappa shape index (κ3) is 4.34. The van der Waals surface area contributed by atoms with Gasteiger partial charge in [-0.05, 0) is 43.2 Å². The number of ether oxygens (including phenoxy) is 2. The molecule has 0 aliphatic carbocycles. The van der Waals surface area contributed by atoms with Crippen molar-refractivity contribution in [2.45, 2.75) is 45.6 Å². The van der Waals surface area contributed by atoms with Crippen molar-refractivity contribution in [1.82, 2.24) is 0 Å². The van der Waals surface area contributed by atoms with Crippen LogP contribution in [-0.4, -0.2) is 25.0 Å². The van der Waals surface area contributed by atoms with Crippen molar-refractivity contribution < 1.29 is 19.1 Å². The van der Waals surface area contributed by atoms with Crippen LogP contribution in [0.5, 0.6) is 11.5 Å². The van der Waals surface area contributed by atoms with Crippen molar-refractivity contribution in [2.75, 3.05) is 12.0 Å². The molecule has 0 N–H and O–H groups in total. The van der Waals surface area contributed by atoms with Gasteiger partial charge in [0, 0.05) is 11.1 Å². The number of methoxy groups -OCH3 is 1. The summed E-state index contributed by atoms with van der Waals surface area (Å²) in [7, 11) is 1.57. The van der Waals surface area contributed by atoms with Gasteiger partial charge in [-0.15, -0.1) is 0 Å². The Balaban J connectivity index is 2.00. The van der Waals surface area contributed by atoms with E-state index in [1.165, 1.54) is 4.90 Å². The normalized spacial score (nSPS) is 15.9. The molecule has 0 fully saturated rings. The number of hydrogen-bond acceptors (Lipinski definition) is 4. The van der Waals surface area contributed by atoms with Crippen LogP contribution in [0.25, 0.3) is 6.08 Å². The van der Waals surface area contributed by atoms with Crippen LogP contribution in [0.1, 0.15) is 55.5 Å². The first-order valence-electron chi connectivity index (χ1n) is 10.1. The highest BCUT2D eigenvalue weighted by atomic mass is 16.5. The number of nitrogens with zero attached hydrogens (tertiary/aromatic N) is 1. The van der Waals surface area contributed by atoms with E-state index in [2.05, 4.69) is 13.0 Å². The number of unbranched alkanes of at least 4 members (excludes halogenated alkanes) is 2. The fourth-order valence-electron chi connectivity index (χ4n) is 3.30. The van der Waals surface area contributed by atoms with Gasteiger partial charge < -0.3 is 9.47 Å². The Hall–Kier alpha value is -3.08. The topological polar surface area (TPSA) is 55.8 Å². The number of anilines is 1. The number of allylic oxidation sites excluding steroid dienone is 1. The fraction of sp³-hybridized carbons (Fsp3) is 0.333. The Bertz CT molecular complexity index is 902. The molecule has 2 aromatic carbocycles. The number of rotatable bonds is 7. The molecule has 0 spiro atoms. The van der Waals surface area contributed by atoms with Gasteiger partial charge in [-0.3, -0.25) is 9.59 Å². The summed E-state index contributed by atoms with van der Waals surface area (Å²) in [6.45, 7) is 4.03. The van der Waals surface area contributed by atoms with Crippen LogP contribution in [0.4, 0.5) is 5.69 Å². The molecule has 2 amide bonds. The second kappa shape index (κ2) is 9.41. The molecule has 5 heteroatoms. The van der Waals surface area contributed by atoms with Gasteiger partial charge in [-0.1, -0.05) is 51.0 Å². The molecule has 5 nitrogen and oxygen atoms in total. The fourth-order valence-corrected chi connectivity index (χ4v) is 3.30. The highest BCUT2D eigenvalue weighted by Gasteiger charge is 2.38. The lowest BCUT2D eigenvalue weighted by Crippen LogP contribution is -2.48. The second-order valence-electron chi connectivity index (χ2n) is 6.96. The lowest BCUT2D eigenvalue weighted by atomic mass is 10.0. The lowest BCUT2D eigenvalue weighted by molar-refractivity contribution is -0.125. The monoisotopic (exact) mass is 393 g/mol. The molecule has 1 atom stereocenters. The van der Waals surface area contributed by atoms with Gasteiger partial charge in [-0.25, -0.2) is 4.90 Å². The summed E-state index contributed by atoms with van der Waals surface area (Å²) >= 11 is 0. The van der Waals surface area contributed by atoms with Gasteiger partial charge in [0.2, 0.25) is 0 Å². The number of para-hydroxylation sites is 1. The molecule has 3 rings (SSSR count). The molecule has 29 heavy (non-hydrogen) atoms. The zero-order chi connectivity index (χ0) is 20.8. The summed E-state index contributed by atoms with van der Waals surface area (Å²) in [5, 5.41) is 0. The van der Waals surface area contributed by atoms with Crippen molar-refractivity contribution in [3.05, 3.63) is 59.7 Å². The lowest BCUT2D eigenvalue weighted by Gasteiger charge is -2.33. The van der Waals surface area contributed by atoms with E-state index >= 15 is 0 Å². The minimum atomic E-state index is -0.685. The predicted molar refractivity (Wildman–Crippen MR) is 115 cm³/mol. The maximum Gasteiger partial charge on any atom is 0.275 e. The minimum absolute atomic E-state index is 0.340. The molecule has 1 unspecified atom stereocenters. The number of carbonyl (C=O) groups excluding carboxylic acids is 2. The number of amides is 2. The van der Waals surface area contributed by atoms with Crippen molar-refractivity contribution in [3.8, 4) is 11.5 Å². The first kappa shape index (κ1) is 20.6. The second-order valence-corrected chi connectivity index (χ2v) is 6.96. The zero-order valence-corrected chi connectivity index (χ0v) is 17.2. The first-order chi connectivity index (χ1) is 14.1. The number of benzene rings is 2. The van der Waals surface area contributed by atoms with Crippen LogP contribution >= 0.6 is 0 Å². The molecule has 0 aromatic heterocycles. The summed E-state index contributed by atoms with van der Waals surface area (Å²) in [4.78, 5) is 27.5. The van der Waals surface area contributed by atoms with E-state index in [1.54, 1.807) is 37.4 Å². The number of imide groups is 1. The third-order valence-corrected chi connectivity index (χ3v) is 4.95. The van der Waals surface area contributed by atoms with E-state index < -0.39 is 6.10 Å². The molecule has 1 heterocycles. The molecule has 1 aliphatic heterocycles. The van der Waals surface area contributed by atoms with Crippen LogP contribution < -0.4 is 14.4 Å². The molecule has 2 aromatic rings. The van der Waals surface area contributed by atoms with Crippen LogP contribution in [0, 0.1) is 0 Å². The van der Waals surface area contributed by atoms with Crippen LogP contribution in [-0.2, 0) is 4.79 Å². The molecule has 0 radical (unpaired) electrons. The molecule has 1 aliphatic rings. The van der Waals surface area contributed by atoms with Gasteiger partial charge in [0.05, 0.1) is 12.8 Å². The maximum absolute atomic E-state index is 13.2. The number of hydrogen-bond donors (Lipinski definition) is 0. The molecule has 0 saturated carbocycles. The summed E-state index contributed by atoms with van der Waals surface area (Å²) in [5.74, 6) is 0.524. The summed E-state index contributed by atoms with van der Waals surface area (Å²) in [6.07, 6.45) is 7.13. The van der Waals surface area contributed by atoms with Gasteiger partial charge >= 0.3 is 0 Å². The van der Waals surface area contributed by atoms with Gasteiger partial charge in [0.15, 0.2) is 11.9 Å². The van der Waals surface area contributed by atoms with Crippen molar-refractivity contribution in [2.24, 2.45) is 0 Å². The van der Waals surface area contributed by atoms with Crippen LogP contribution in [0.15, 0.2) is 48.5 Å². The highest BCUT2D eigenvalue weighted by Crippen LogP contribution is 2.39. The smallest absolute Gasteiger partial charge is 0.275 e. The highest BCUT2D eigenvalue weighted by molar-refractivity contribution is 6.23. The van der Waals surface area contributed by atoms with Gasteiger partial charge in [0.25, 0.3) is 11.8 Å². The SMILES string of the molecule is CCCC/C=C/c1cccc2c1OC(CC)C(=O)N2C(=O)c1ccc(OC)cc1. The Labute approximate surface area is 171 Å². The predicted octanol–water partition coefficient (Wildman–Crippen LogP) is 5.24. The largest absolute Gasteiger partial charge is 0.497 e. The molecule has 0 bridgehead atoms. The van der Waals surface area contributed by atoms with E-state index in [0.717, 1.165) is 24.8 Å². The van der Waals surface area contributed by atoms with Gasteiger partial charge in [-0.2, -0.15) is 0 Å². The Morgan fingerprint density at radius 2 is 1.93 bits per heavy atom. The van der Waals surface area contributed by atoms with E-state index in [9.17, 15) is 9.59 Å². The standard InChI is InChI=1S/C24H27NO4/c1-4-6-7-8-10-17-11-9-12-20-22(17)29-21(5-2)24(27)25(20)23(26)18-13-15-19(28-3)16-14-18/h8-16,21H,4-7H2,1-3H3/b10-8+. The van der Waals surface area contributed by atoms with Gasteiger partial charge in [0.1, 0.15) is 5.75 Å². The summed E-state index contributed by atoms with van der Waals surface area (Å²) in [6, 6.07) is 12.3. The summed E-state index contributed by atoms with van der Waals surface area (Å²) < 4.78 is 11.2. The summed E-state index contributed by atoms with van der Waals surface area (Å²) in [5.41, 5.74) is 1.78. The van der Waals surface area contributed by atoms with E-state index in [4.69, 9.17) is 9.47 Å². The first-order valence-corrected chi connectivity index (χ1v) is 10.1. The minimum Gasteiger partial charge on any atom is -0.497 e. The van der Waals surface area contributed by atoms with Crippen molar-refractivity contribution >= 4 is 23.6 Å². The number of carbonyl (C=O) groups is 2. The van der Waals surface area contributed by atoms with Crippen LogP contribution in [0.2, 0.25) is 0 Å². The zero-order valence-electron chi connectivity index (χ0n) is 17.2. The third-order valence-electron chi connectivity index (χ3n) is 4.95. The molecular weight excluding hydrogens is 366 g/mol. The quantitative estimate of drug-likeness (QED) is 0.477. The Morgan fingerprint density at radius 3 is 2.59 bits per heavy atom. The maximum atomic E-state index is 13.2.